The number of hydrogen-bond donors (Lipinski definition) is 0. The summed E-state index contributed by atoms with van der Waals surface area (Å²) in [5, 5.41) is 5.49. The number of rotatable bonds is 3. The molecule has 0 unspecified atom stereocenters. The van der Waals surface area contributed by atoms with Gasteiger partial charge in [-0.05, 0) is 56.6 Å². The van der Waals surface area contributed by atoms with Crippen LogP contribution in [0.5, 0.6) is 0 Å². The number of aromatic nitrogens is 4. The number of amides is 1. The first-order valence-corrected chi connectivity index (χ1v) is 11.4. The summed E-state index contributed by atoms with van der Waals surface area (Å²) in [7, 11) is 0. The van der Waals surface area contributed by atoms with Gasteiger partial charge in [0.2, 0.25) is 5.91 Å². The third-order valence-electron chi connectivity index (χ3n) is 7.24. The van der Waals surface area contributed by atoms with E-state index in [2.05, 4.69) is 5.10 Å². The molecule has 2 aliphatic carbocycles. The summed E-state index contributed by atoms with van der Waals surface area (Å²) < 4.78 is 3.01. The highest BCUT2D eigenvalue weighted by atomic mass is 16.2. The van der Waals surface area contributed by atoms with E-state index < -0.39 is 0 Å². The van der Waals surface area contributed by atoms with Gasteiger partial charge in [-0.25, -0.2) is 18.9 Å². The maximum atomic E-state index is 13.3. The lowest BCUT2D eigenvalue weighted by Gasteiger charge is -2.44. The van der Waals surface area contributed by atoms with E-state index in [1.165, 1.54) is 30.4 Å². The molecule has 2 atom stereocenters. The smallest absolute Gasteiger partial charge is 0.338 e. The Hall–Kier alpha value is -2.70. The van der Waals surface area contributed by atoms with Crippen LogP contribution in [0, 0.1) is 5.92 Å². The molecular weight excluding hydrogens is 378 g/mol. The molecule has 0 spiro atoms. The Morgan fingerprint density at radius 1 is 1.03 bits per heavy atom. The van der Waals surface area contributed by atoms with Crippen LogP contribution in [-0.2, 0) is 11.3 Å². The lowest BCUT2D eigenvalue weighted by atomic mass is 9.78. The van der Waals surface area contributed by atoms with E-state index in [4.69, 9.17) is 4.98 Å². The number of fused-ring (bicyclic) bond motifs is 4. The van der Waals surface area contributed by atoms with Crippen LogP contribution < -0.4 is 5.69 Å². The molecule has 0 bridgehead atoms. The molecule has 3 heterocycles. The van der Waals surface area contributed by atoms with E-state index in [9.17, 15) is 9.59 Å². The van der Waals surface area contributed by atoms with E-state index in [1.807, 2.05) is 29.2 Å². The Labute approximate surface area is 174 Å². The number of piperidine rings is 1. The van der Waals surface area contributed by atoms with Gasteiger partial charge in [0.25, 0.3) is 0 Å². The number of para-hydroxylation sites is 1. The van der Waals surface area contributed by atoms with Gasteiger partial charge in [0.05, 0.1) is 5.52 Å². The number of carbonyl (C=O) groups is 1. The SMILES string of the molecule is O=C(Cn1nc2c3ccccc3nc(C3CC3)n2c1=O)N1CCC[C@H]2CCCC[C@H]21. The van der Waals surface area contributed by atoms with Crippen molar-refractivity contribution in [3.63, 3.8) is 0 Å². The molecule has 3 aliphatic rings. The van der Waals surface area contributed by atoms with Crippen LogP contribution in [0.1, 0.15) is 63.1 Å². The van der Waals surface area contributed by atoms with Gasteiger partial charge >= 0.3 is 5.69 Å². The first-order valence-electron chi connectivity index (χ1n) is 11.4. The minimum absolute atomic E-state index is 0.0160. The standard InChI is InChI=1S/C23H27N5O2/c29-20(26-13-5-7-15-6-1-4-10-19(15)26)14-27-23(30)28-21(16-11-12-16)24-18-9-3-2-8-17(18)22(28)25-27/h2-3,8-9,15-16,19H,1,4-7,10-14H2/t15-,19-/m1/s1. The highest BCUT2D eigenvalue weighted by Gasteiger charge is 2.36. The van der Waals surface area contributed by atoms with Crippen molar-refractivity contribution >= 4 is 22.5 Å². The molecule has 30 heavy (non-hydrogen) atoms. The van der Waals surface area contributed by atoms with Crippen molar-refractivity contribution in [2.45, 2.75) is 69.9 Å². The Balaban J connectivity index is 1.39. The van der Waals surface area contributed by atoms with Crippen molar-refractivity contribution < 1.29 is 4.79 Å². The van der Waals surface area contributed by atoms with Gasteiger partial charge in [-0.1, -0.05) is 25.0 Å². The third-order valence-corrected chi connectivity index (χ3v) is 7.24. The van der Waals surface area contributed by atoms with Crippen molar-refractivity contribution in [1.29, 1.82) is 0 Å². The van der Waals surface area contributed by atoms with Crippen LogP contribution in [0.25, 0.3) is 16.6 Å². The molecular formula is C23H27N5O2. The largest absolute Gasteiger partial charge is 0.352 e. The second-order valence-electron chi connectivity index (χ2n) is 9.20. The maximum absolute atomic E-state index is 13.3. The third kappa shape index (κ3) is 2.86. The summed E-state index contributed by atoms with van der Waals surface area (Å²) >= 11 is 0. The normalized spacial score (nSPS) is 24.3. The van der Waals surface area contributed by atoms with Crippen LogP contribution in [0.4, 0.5) is 0 Å². The fraction of sp³-hybridized carbons (Fsp3) is 0.565. The lowest BCUT2D eigenvalue weighted by Crippen LogP contribution is -2.51. The average Bonchev–Trinajstić information content (AvgIpc) is 3.58. The minimum atomic E-state index is -0.240. The predicted molar refractivity (Wildman–Crippen MR) is 113 cm³/mol. The first kappa shape index (κ1) is 18.1. The molecule has 156 valence electrons. The van der Waals surface area contributed by atoms with E-state index in [0.29, 0.717) is 23.5 Å². The number of benzene rings is 1. The zero-order valence-corrected chi connectivity index (χ0v) is 17.2. The minimum Gasteiger partial charge on any atom is -0.338 e. The predicted octanol–water partition coefficient (Wildman–Crippen LogP) is 3.10. The van der Waals surface area contributed by atoms with E-state index in [0.717, 1.165) is 49.0 Å². The van der Waals surface area contributed by atoms with Gasteiger partial charge in [0.1, 0.15) is 12.4 Å². The topological polar surface area (TPSA) is 72.5 Å². The van der Waals surface area contributed by atoms with Crippen LogP contribution in [-0.4, -0.2) is 42.6 Å². The van der Waals surface area contributed by atoms with Crippen molar-refractivity contribution in [3.05, 3.63) is 40.6 Å². The molecule has 7 nitrogen and oxygen atoms in total. The average molecular weight is 406 g/mol. The lowest BCUT2D eigenvalue weighted by molar-refractivity contribution is -0.138. The number of likely N-dealkylation sites (tertiary alicyclic amines) is 1. The molecule has 2 aromatic heterocycles. The molecule has 3 fully saturated rings. The number of hydrogen-bond acceptors (Lipinski definition) is 4. The molecule has 7 heteroatoms. The van der Waals surface area contributed by atoms with Gasteiger partial charge in [0, 0.05) is 23.9 Å². The van der Waals surface area contributed by atoms with Crippen molar-refractivity contribution in [3.8, 4) is 0 Å². The molecule has 3 aromatic rings. The van der Waals surface area contributed by atoms with Crippen LogP contribution in [0.3, 0.4) is 0 Å². The molecule has 0 radical (unpaired) electrons. The van der Waals surface area contributed by atoms with Gasteiger partial charge in [0.15, 0.2) is 5.65 Å². The van der Waals surface area contributed by atoms with E-state index in [1.54, 1.807) is 4.40 Å². The van der Waals surface area contributed by atoms with Gasteiger partial charge < -0.3 is 4.90 Å². The van der Waals surface area contributed by atoms with Gasteiger partial charge in [-0.3, -0.25) is 4.79 Å². The van der Waals surface area contributed by atoms with Crippen molar-refractivity contribution in [2.75, 3.05) is 6.54 Å². The molecule has 1 aliphatic heterocycles. The molecule has 0 N–H and O–H groups in total. The second-order valence-corrected chi connectivity index (χ2v) is 9.20. The van der Waals surface area contributed by atoms with E-state index in [-0.39, 0.29) is 18.1 Å². The van der Waals surface area contributed by atoms with Crippen LogP contribution in [0.15, 0.2) is 29.1 Å². The second kappa shape index (κ2) is 6.93. The monoisotopic (exact) mass is 405 g/mol. The summed E-state index contributed by atoms with van der Waals surface area (Å²) in [5.41, 5.74) is 1.24. The number of nitrogens with zero attached hydrogens (tertiary/aromatic N) is 5. The summed E-state index contributed by atoms with van der Waals surface area (Å²) in [5.74, 6) is 1.76. The van der Waals surface area contributed by atoms with E-state index >= 15 is 0 Å². The van der Waals surface area contributed by atoms with Gasteiger partial charge in [-0.15, -0.1) is 5.10 Å². The van der Waals surface area contributed by atoms with Gasteiger partial charge in [-0.2, -0.15) is 0 Å². The fourth-order valence-electron chi connectivity index (χ4n) is 5.59. The Morgan fingerprint density at radius 2 is 1.83 bits per heavy atom. The van der Waals surface area contributed by atoms with Crippen LogP contribution in [0.2, 0.25) is 0 Å². The molecule has 1 amide bonds. The van der Waals surface area contributed by atoms with Crippen molar-refractivity contribution in [1.82, 2.24) is 24.1 Å². The molecule has 6 rings (SSSR count). The Kier molecular flexibility index (Phi) is 4.18. The summed E-state index contributed by atoms with van der Waals surface area (Å²) in [6.07, 6.45) is 9.18. The maximum Gasteiger partial charge on any atom is 0.352 e. The zero-order valence-electron chi connectivity index (χ0n) is 17.2. The fourth-order valence-corrected chi connectivity index (χ4v) is 5.59. The summed E-state index contributed by atoms with van der Waals surface area (Å²) in [4.78, 5) is 33.3. The first-order chi connectivity index (χ1) is 14.7. The van der Waals surface area contributed by atoms with Crippen molar-refractivity contribution in [2.24, 2.45) is 5.92 Å². The zero-order chi connectivity index (χ0) is 20.2. The Morgan fingerprint density at radius 3 is 2.70 bits per heavy atom. The highest BCUT2D eigenvalue weighted by Crippen LogP contribution is 2.39. The summed E-state index contributed by atoms with van der Waals surface area (Å²) in [6, 6.07) is 8.15. The number of carbonyl (C=O) groups excluding carboxylic acids is 1. The quantitative estimate of drug-likeness (QED) is 0.671. The highest BCUT2D eigenvalue weighted by molar-refractivity contribution is 5.91. The van der Waals surface area contributed by atoms with Crippen LogP contribution >= 0.6 is 0 Å². The molecule has 1 aromatic carbocycles. The Bertz CT molecular complexity index is 1190. The molecule has 1 saturated heterocycles. The summed E-state index contributed by atoms with van der Waals surface area (Å²) in [6.45, 7) is 0.822. The molecule has 2 saturated carbocycles.